The lowest BCUT2D eigenvalue weighted by atomic mass is 10.2. The molecule has 0 atom stereocenters. The second-order valence-corrected chi connectivity index (χ2v) is 3.42. The summed E-state index contributed by atoms with van der Waals surface area (Å²) in [4.78, 5) is 20.3. The van der Waals surface area contributed by atoms with Gasteiger partial charge in [-0.15, -0.1) is 0 Å². The fourth-order valence-corrected chi connectivity index (χ4v) is 1.11. The lowest BCUT2D eigenvalue weighted by molar-refractivity contribution is -0.137. The zero-order valence-electron chi connectivity index (χ0n) is 9.26. The lowest BCUT2D eigenvalue weighted by Crippen LogP contribution is -1.92. The molecule has 0 aliphatic rings. The van der Waals surface area contributed by atoms with E-state index >= 15 is 0 Å². The van der Waals surface area contributed by atoms with Crippen LogP contribution in [0.25, 0.3) is 0 Å². The van der Waals surface area contributed by atoms with Gasteiger partial charge in [-0.05, 0) is 25.7 Å². The van der Waals surface area contributed by atoms with Crippen molar-refractivity contribution in [3.05, 3.63) is 24.3 Å². The maximum Gasteiger partial charge on any atom is 0.307 e. The Morgan fingerprint density at radius 1 is 0.875 bits per heavy atom. The Balaban J connectivity index is 3.31. The minimum absolute atomic E-state index is 0.0620. The number of hydrogen-bond donors (Lipinski definition) is 2. The van der Waals surface area contributed by atoms with Gasteiger partial charge in [0.05, 0.1) is 6.42 Å². The zero-order chi connectivity index (χ0) is 12.2. The average molecular weight is 226 g/mol. The predicted octanol–water partition coefficient (Wildman–Crippen LogP) is 2.61. The third-order valence-corrected chi connectivity index (χ3v) is 1.91. The molecule has 4 nitrogen and oxygen atoms in total. The molecule has 90 valence electrons. The van der Waals surface area contributed by atoms with Crippen molar-refractivity contribution in [2.24, 2.45) is 0 Å². The predicted molar refractivity (Wildman–Crippen MR) is 61.3 cm³/mol. The molecule has 0 saturated heterocycles. The Labute approximate surface area is 95.3 Å². The van der Waals surface area contributed by atoms with E-state index in [4.69, 9.17) is 10.2 Å². The van der Waals surface area contributed by atoms with Crippen LogP contribution in [0.4, 0.5) is 0 Å². The van der Waals surface area contributed by atoms with Crippen LogP contribution < -0.4 is 0 Å². The van der Waals surface area contributed by atoms with Crippen molar-refractivity contribution in [3.8, 4) is 0 Å². The molecule has 0 spiro atoms. The molecule has 0 fully saturated rings. The van der Waals surface area contributed by atoms with E-state index in [1.54, 1.807) is 6.08 Å². The van der Waals surface area contributed by atoms with Gasteiger partial charge >= 0.3 is 11.9 Å². The first-order chi connectivity index (χ1) is 7.63. The van der Waals surface area contributed by atoms with Crippen LogP contribution in [0.1, 0.15) is 38.5 Å². The fourth-order valence-electron chi connectivity index (χ4n) is 1.11. The fraction of sp³-hybridized carbons (Fsp3) is 0.500. The van der Waals surface area contributed by atoms with Crippen LogP contribution in [0.15, 0.2) is 24.3 Å². The van der Waals surface area contributed by atoms with E-state index in [1.807, 2.05) is 18.2 Å². The summed E-state index contributed by atoms with van der Waals surface area (Å²) in [5.74, 6) is -1.57. The van der Waals surface area contributed by atoms with Crippen LogP contribution in [-0.4, -0.2) is 22.2 Å². The molecule has 0 aliphatic heterocycles. The first-order valence-corrected chi connectivity index (χ1v) is 5.36. The summed E-state index contributed by atoms with van der Waals surface area (Å²) in [7, 11) is 0. The van der Waals surface area contributed by atoms with Gasteiger partial charge in [-0.25, -0.2) is 0 Å². The average Bonchev–Trinajstić information content (AvgIpc) is 2.20. The highest BCUT2D eigenvalue weighted by Gasteiger charge is 1.93. The standard InChI is InChI=1S/C12H18O4/c13-11(14)9-7-5-3-1-2-4-6-8-10-12(15)16/h1-2,5,7H,3-4,6,8-10H2,(H,13,14)(H,15,16). The van der Waals surface area contributed by atoms with Crippen molar-refractivity contribution < 1.29 is 19.8 Å². The smallest absolute Gasteiger partial charge is 0.307 e. The number of rotatable bonds is 9. The third-order valence-electron chi connectivity index (χ3n) is 1.91. The Morgan fingerprint density at radius 2 is 1.56 bits per heavy atom. The normalized spacial score (nSPS) is 11.2. The molecule has 0 rings (SSSR count). The van der Waals surface area contributed by atoms with Crippen molar-refractivity contribution >= 4 is 11.9 Å². The second kappa shape index (κ2) is 9.96. The monoisotopic (exact) mass is 226 g/mol. The molecule has 2 N–H and O–H groups in total. The van der Waals surface area contributed by atoms with E-state index in [1.165, 1.54) is 0 Å². The highest BCUT2D eigenvalue weighted by atomic mass is 16.4. The summed E-state index contributed by atoms with van der Waals surface area (Å²) < 4.78 is 0. The molecular weight excluding hydrogens is 208 g/mol. The SMILES string of the molecule is O=C(O)CC=CCC=CCCCCC(=O)O. The van der Waals surface area contributed by atoms with Gasteiger partial charge in [0.25, 0.3) is 0 Å². The van der Waals surface area contributed by atoms with E-state index in [9.17, 15) is 9.59 Å². The molecule has 0 aliphatic carbocycles. The molecule has 16 heavy (non-hydrogen) atoms. The van der Waals surface area contributed by atoms with Crippen LogP contribution in [0.2, 0.25) is 0 Å². The Morgan fingerprint density at radius 3 is 2.19 bits per heavy atom. The maximum atomic E-state index is 10.2. The summed E-state index contributed by atoms with van der Waals surface area (Å²) in [6.45, 7) is 0. The van der Waals surface area contributed by atoms with E-state index < -0.39 is 11.9 Å². The van der Waals surface area contributed by atoms with Gasteiger partial charge in [0.15, 0.2) is 0 Å². The summed E-state index contributed by atoms with van der Waals surface area (Å²) in [6, 6.07) is 0. The summed E-state index contributed by atoms with van der Waals surface area (Å²) in [5.41, 5.74) is 0. The van der Waals surface area contributed by atoms with Crippen LogP contribution in [-0.2, 0) is 9.59 Å². The van der Waals surface area contributed by atoms with Gasteiger partial charge in [-0.2, -0.15) is 0 Å². The van der Waals surface area contributed by atoms with Crippen LogP contribution in [0.5, 0.6) is 0 Å². The van der Waals surface area contributed by atoms with E-state index in [-0.39, 0.29) is 12.8 Å². The molecule has 0 aromatic carbocycles. The number of allylic oxidation sites excluding steroid dienone is 3. The number of hydrogen-bond acceptors (Lipinski definition) is 2. The molecule has 0 aromatic heterocycles. The summed E-state index contributed by atoms with van der Waals surface area (Å²) in [5, 5.41) is 16.7. The second-order valence-electron chi connectivity index (χ2n) is 3.42. The highest BCUT2D eigenvalue weighted by molar-refractivity contribution is 5.68. The largest absolute Gasteiger partial charge is 0.481 e. The quantitative estimate of drug-likeness (QED) is 0.468. The van der Waals surface area contributed by atoms with Crippen molar-refractivity contribution in [2.75, 3.05) is 0 Å². The number of unbranched alkanes of at least 4 members (excludes halogenated alkanes) is 2. The minimum Gasteiger partial charge on any atom is -0.481 e. The molecule has 0 bridgehead atoms. The minimum atomic E-state index is -0.825. The molecule has 0 aromatic rings. The van der Waals surface area contributed by atoms with Crippen LogP contribution in [0, 0.1) is 0 Å². The van der Waals surface area contributed by atoms with E-state index in [2.05, 4.69) is 0 Å². The topological polar surface area (TPSA) is 74.6 Å². The first-order valence-electron chi connectivity index (χ1n) is 5.36. The molecule has 0 saturated carbocycles. The first kappa shape index (κ1) is 14.4. The molecule has 0 unspecified atom stereocenters. The highest BCUT2D eigenvalue weighted by Crippen LogP contribution is 2.01. The molecular formula is C12H18O4. The van der Waals surface area contributed by atoms with Crippen molar-refractivity contribution in [1.29, 1.82) is 0 Å². The molecule has 4 heteroatoms. The number of carboxylic acids is 2. The summed E-state index contributed by atoms with van der Waals surface area (Å²) in [6.07, 6.45) is 10.9. The number of carboxylic acid groups (broad SMARTS) is 2. The van der Waals surface area contributed by atoms with Gasteiger partial charge in [0, 0.05) is 6.42 Å². The van der Waals surface area contributed by atoms with Gasteiger partial charge < -0.3 is 10.2 Å². The lowest BCUT2D eigenvalue weighted by Gasteiger charge is -1.92. The van der Waals surface area contributed by atoms with Gasteiger partial charge in [-0.1, -0.05) is 24.3 Å². The van der Waals surface area contributed by atoms with E-state index in [0.717, 1.165) is 19.3 Å². The molecule has 0 heterocycles. The molecule has 0 amide bonds. The third kappa shape index (κ3) is 12.4. The van der Waals surface area contributed by atoms with Crippen molar-refractivity contribution in [3.63, 3.8) is 0 Å². The zero-order valence-corrected chi connectivity index (χ0v) is 9.26. The number of carbonyl (C=O) groups is 2. The summed E-state index contributed by atoms with van der Waals surface area (Å²) >= 11 is 0. The Kier molecular flexibility index (Phi) is 8.97. The molecule has 0 radical (unpaired) electrons. The van der Waals surface area contributed by atoms with Gasteiger partial charge in [0.1, 0.15) is 0 Å². The van der Waals surface area contributed by atoms with Crippen molar-refractivity contribution in [1.82, 2.24) is 0 Å². The van der Waals surface area contributed by atoms with Crippen molar-refractivity contribution in [2.45, 2.75) is 38.5 Å². The Hall–Kier alpha value is -1.58. The van der Waals surface area contributed by atoms with Crippen LogP contribution in [0.3, 0.4) is 0 Å². The maximum absolute atomic E-state index is 10.2. The van der Waals surface area contributed by atoms with E-state index in [0.29, 0.717) is 6.42 Å². The van der Waals surface area contributed by atoms with Gasteiger partial charge in [-0.3, -0.25) is 9.59 Å². The number of aliphatic carboxylic acids is 2. The Bertz CT molecular complexity index is 266. The van der Waals surface area contributed by atoms with Crippen LogP contribution >= 0.6 is 0 Å². The van der Waals surface area contributed by atoms with Gasteiger partial charge in [0.2, 0.25) is 0 Å².